The molecule has 2 heterocycles. The number of carbonyl (C=O) groups excluding carboxylic acids is 1. The van der Waals surface area contributed by atoms with Gasteiger partial charge in [-0.3, -0.25) is 4.79 Å². The number of fused-ring (bicyclic) bond motifs is 1. The van der Waals surface area contributed by atoms with Crippen LogP contribution in [0.3, 0.4) is 0 Å². The number of rotatable bonds is 6. The van der Waals surface area contributed by atoms with Crippen LogP contribution in [0.25, 0.3) is 11.0 Å². The maximum absolute atomic E-state index is 13.5. The summed E-state index contributed by atoms with van der Waals surface area (Å²) < 4.78 is 7.13. The highest BCUT2D eigenvalue weighted by molar-refractivity contribution is 6.05. The van der Waals surface area contributed by atoms with Gasteiger partial charge in [0.25, 0.3) is 5.91 Å². The summed E-state index contributed by atoms with van der Waals surface area (Å²) in [6, 6.07) is 19.4. The smallest absolute Gasteiger partial charge is 0.252 e. The molecule has 0 aliphatic rings. The fraction of sp³-hybridized carbons (Fsp3) is 0.240. The molecule has 31 heavy (non-hydrogen) atoms. The number of nitrogens with zero attached hydrogens (tertiary/aromatic N) is 3. The second-order valence-electron chi connectivity index (χ2n) is 7.82. The van der Waals surface area contributed by atoms with Crippen LogP contribution >= 0.6 is 0 Å². The molecule has 158 valence electrons. The molecule has 6 nitrogen and oxygen atoms in total. The molecule has 4 rings (SSSR count). The van der Waals surface area contributed by atoms with Crippen molar-refractivity contribution in [2.45, 2.75) is 32.9 Å². The Hall–Kier alpha value is -3.67. The molecule has 2 aromatic carbocycles. The molecule has 0 aliphatic heterocycles. The lowest BCUT2D eigenvalue weighted by atomic mass is 9.98. The average molecular weight is 415 g/mol. The van der Waals surface area contributed by atoms with Crippen molar-refractivity contribution in [1.82, 2.24) is 20.1 Å². The molecule has 0 spiro atoms. The number of hydrogen-bond acceptors (Lipinski definition) is 4. The number of pyridine rings is 1. The molecule has 0 saturated heterocycles. The first-order valence-corrected chi connectivity index (χ1v) is 10.3. The Labute approximate surface area is 181 Å². The minimum Gasteiger partial charge on any atom is -0.497 e. The van der Waals surface area contributed by atoms with Gasteiger partial charge in [0.05, 0.1) is 30.3 Å². The number of ether oxygens (including phenoxy) is 1. The first-order valence-electron chi connectivity index (χ1n) is 10.3. The molecule has 0 saturated carbocycles. The van der Waals surface area contributed by atoms with Gasteiger partial charge in [0.1, 0.15) is 5.75 Å². The first-order chi connectivity index (χ1) is 15.0. The van der Waals surface area contributed by atoms with Gasteiger partial charge in [0.2, 0.25) is 0 Å². The number of aromatic nitrogens is 3. The Bertz CT molecular complexity index is 1200. The molecular formula is C25H26N4O2. The lowest BCUT2D eigenvalue weighted by Crippen LogP contribution is -2.29. The third kappa shape index (κ3) is 4.14. The van der Waals surface area contributed by atoms with E-state index in [2.05, 4.69) is 15.4 Å². The second kappa shape index (κ2) is 8.60. The molecule has 1 amide bonds. The summed E-state index contributed by atoms with van der Waals surface area (Å²) >= 11 is 0. The lowest BCUT2D eigenvalue weighted by molar-refractivity contribution is 0.0944. The van der Waals surface area contributed by atoms with E-state index in [9.17, 15) is 4.79 Å². The van der Waals surface area contributed by atoms with Crippen LogP contribution in [-0.4, -0.2) is 27.8 Å². The van der Waals surface area contributed by atoms with E-state index in [-0.39, 0.29) is 18.0 Å². The van der Waals surface area contributed by atoms with E-state index in [0.717, 1.165) is 33.6 Å². The van der Waals surface area contributed by atoms with Gasteiger partial charge in [-0.25, -0.2) is 9.67 Å². The molecule has 1 unspecified atom stereocenters. The number of benzene rings is 2. The van der Waals surface area contributed by atoms with Crippen molar-refractivity contribution >= 4 is 16.9 Å². The largest absolute Gasteiger partial charge is 0.497 e. The third-order valence-electron chi connectivity index (χ3n) is 5.29. The number of hydrogen-bond donors (Lipinski definition) is 1. The van der Waals surface area contributed by atoms with E-state index in [4.69, 9.17) is 4.74 Å². The highest BCUT2D eigenvalue weighted by atomic mass is 16.5. The van der Waals surface area contributed by atoms with Crippen LogP contribution in [0.2, 0.25) is 0 Å². The van der Waals surface area contributed by atoms with Gasteiger partial charge < -0.3 is 10.1 Å². The number of amides is 1. The van der Waals surface area contributed by atoms with Crippen molar-refractivity contribution in [3.8, 4) is 5.75 Å². The lowest BCUT2D eigenvalue weighted by Gasteiger charge is -2.20. The van der Waals surface area contributed by atoms with E-state index in [1.165, 1.54) is 0 Å². The maximum Gasteiger partial charge on any atom is 0.252 e. The minimum atomic E-state index is -0.303. The quantitative estimate of drug-likeness (QED) is 0.490. The molecule has 0 fully saturated rings. The fourth-order valence-corrected chi connectivity index (χ4v) is 3.72. The minimum absolute atomic E-state index is 0.152. The maximum atomic E-state index is 13.5. The standard InChI is InChI=1S/C25H26N4O2/c1-16(2)29-24-22(15-26-29)21(14-17(3)27-24)25(30)28-23(18-8-6-5-7-9-18)19-10-12-20(31-4)13-11-19/h5-16,23H,1-4H3,(H,28,30). The zero-order chi connectivity index (χ0) is 22.0. The van der Waals surface area contributed by atoms with Crippen molar-refractivity contribution in [2.75, 3.05) is 7.11 Å². The van der Waals surface area contributed by atoms with E-state index in [1.54, 1.807) is 13.3 Å². The van der Waals surface area contributed by atoms with Crippen LogP contribution in [0.4, 0.5) is 0 Å². The average Bonchev–Trinajstić information content (AvgIpc) is 3.21. The van der Waals surface area contributed by atoms with Gasteiger partial charge in [-0.05, 0) is 50.1 Å². The summed E-state index contributed by atoms with van der Waals surface area (Å²) in [5, 5.41) is 8.42. The number of carbonyl (C=O) groups is 1. The fourth-order valence-electron chi connectivity index (χ4n) is 3.72. The highest BCUT2D eigenvalue weighted by Gasteiger charge is 2.21. The van der Waals surface area contributed by atoms with Crippen LogP contribution in [-0.2, 0) is 0 Å². The van der Waals surface area contributed by atoms with Crippen molar-refractivity contribution in [1.29, 1.82) is 0 Å². The van der Waals surface area contributed by atoms with Crippen molar-refractivity contribution in [3.63, 3.8) is 0 Å². The van der Waals surface area contributed by atoms with Gasteiger partial charge in [-0.2, -0.15) is 5.10 Å². The highest BCUT2D eigenvalue weighted by Crippen LogP contribution is 2.26. The van der Waals surface area contributed by atoms with Gasteiger partial charge in [-0.1, -0.05) is 42.5 Å². The number of nitrogens with one attached hydrogen (secondary N) is 1. The monoisotopic (exact) mass is 414 g/mol. The Morgan fingerprint density at radius 2 is 1.71 bits per heavy atom. The zero-order valence-corrected chi connectivity index (χ0v) is 18.2. The summed E-state index contributed by atoms with van der Waals surface area (Å²) in [5.74, 6) is 0.609. The Morgan fingerprint density at radius 1 is 1.03 bits per heavy atom. The predicted octanol–water partition coefficient (Wildman–Crippen LogP) is 4.85. The van der Waals surface area contributed by atoms with E-state index >= 15 is 0 Å². The molecule has 0 radical (unpaired) electrons. The van der Waals surface area contributed by atoms with E-state index in [0.29, 0.717) is 5.56 Å². The summed E-state index contributed by atoms with van der Waals surface area (Å²) in [6.07, 6.45) is 1.72. The molecule has 1 atom stereocenters. The summed E-state index contributed by atoms with van der Waals surface area (Å²) in [6.45, 7) is 5.99. The Kier molecular flexibility index (Phi) is 5.71. The van der Waals surface area contributed by atoms with Crippen molar-refractivity contribution < 1.29 is 9.53 Å². The van der Waals surface area contributed by atoms with Crippen LogP contribution in [0, 0.1) is 6.92 Å². The summed E-state index contributed by atoms with van der Waals surface area (Å²) in [4.78, 5) is 18.1. The van der Waals surface area contributed by atoms with Crippen LogP contribution < -0.4 is 10.1 Å². The molecule has 6 heteroatoms. The number of aryl methyl sites for hydroxylation is 1. The second-order valence-corrected chi connectivity index (χ2v) is 7.82. The summed E-state index contributed by atoms with van der Waals surface area (Å²) in [5.41, 5.74) is 4.05. The van der Waals surface area contributed by atoms with Crippen LogP contribution in [0.1, 0.15) is 53.1 Å². The van der Waals surface area contributed by atoms with E-state index in [1.807, 2.05) is 86.1 Å². The molecule has 4 aromatic rings. The van der Waals surface area contributed by atoms with Crippen LogP contribution in [0.5, 0.6) is 5.75 Å². The zero-order valence-electron chi connectivity index (χ0n) is 18.2. The summed E-state index contributed by atoms with van der Waals surface area (Å²) in [7, 11) is 1.64. The van der Waals surface area contributed by atoms with Gasteiger partial charge in [0.15, 0.2) is 5.65 Å². The van der Waals surface area contributed by atoms with Crippen molar-refractivity contribution in [3.05, 3.63) is 89.2 Å². The first kappa shape index (κ1) is 20.6. The molecule has 0 aliphatic carbocycles. The topological polar surface area (TPSA) is 69.0 Å². The van der Waals surface area contributed by atoms with Crippen LogP contribution in [0.15, 0.2) is 66.9 Å². The Balaban J connectivity index is 1.74. The molecule has 2 aromatic heterocycles. The predicted molar refractivity (Wildman–Crippen MR) is 121 cm³/mol. The SMILES string of the molecule is COc1ccc(C(NC(=O)c2cc(C)nc3c2cnn3C(C)C)c2ccccc2)cc1. The third-order valence-corrected chi connectivity index (χ3v) is 5.29. The molecule has 1 N–H and O–H groups in total. The van der Waals surface area contributed by atoms with E-state index < -0.39 is 0 Å². The molecular weight excluding hydrogens is 388 g/mol. The van der Waals surface area contributed by atoms with Gasteiger partial charge in [0, 0.05) is 11.7 Å². The van der Waals surface area contributed by atoms with Crippen molar-refractivity contribution in [2.24, 2.45) is 0 Å². The van der Waals surface area contributed by atoms with Gasteiger partial charge >= 0.3 is 0 Å². The molecule has 0 bridgehead atoms. The van der Waals surface area contributed by atoms with Gasteiger partial charge in [-0.15, -0.1) is 0 Å². The number of methoxy groups -OCH3 is 1. The normalized spacial score (nSPS) is 12.2. The Morgan fingerprint density at radius 3 is 2.35 bits per heavy atom.